The first-order chi connectivity index (χ1) is 13.1. The first kappa shape index (κ1) is 17.6. The Hall–Kier alpha value is -2.77. The number of nitrogens with zero attached hydrogens (tertiary/aromatic N) is 2. The van der Waals surface area contributed by atoms with E-state index in [1.165, 1.54) is 22.2 Å². The van der Waals surface area contributed by atoms with Gasteiger partial charge in [-0.15, -0.1) is 22.7 Å². The molecule has 1 N–H and O–H groups in total. The number of aryl methyl sites for hydroxylation is 1. The quantitative estimate of drug-likeness (QED) is 0.559. The van der Waals surface area contributed by atoms with Gasteiger partial charge in [0.15, 0.2) is 0 Å². The zero-order chi connectivity index (χ0) is 18.8. The molecule has 4 aromatic rings. The maximum absolute atomic E-state index is 12.9. The van der Waals surface area contributed by atoms with E-state index >= 15 is 0 Å². The molecule has 0 unspecified atom stereocenters. The van der Waals surface area contributed by atoms with Crippen molar-refractivity contribution < 1.29 is 4.79 Å². The van der Waals surface area contributed by atoms with Gasteiger partial charge in [0.25, 0.3) is 5.56 Å². The molecule has 3 heterocycles. The van der Waals surface area contributed by atoms with Crippen LogP contribution in [-0.2, 0) is 17.9 Å². The third kappa shape index (κ3) is 3.70. The Balaban J connectivity index is 1.55. The van der Waals surface area contributed by atoms with Gasteiger partial charge in [0.05, 0.1) is 11.7 Å². The molecule has 0 radical (unpaired) electrons. The minimum atomic E-state index is -0.215. The topological polar surface area (TPSA) is 64.0 Å². The van der Waals surface area contributed by atoms with E-state index in [-0.39, 0.29) is 18.0 Å². The Morgan fingerprint density at radius 3 is 2.89 bits per heavy atom. The summed E-state index contributed by atoms with van der Waals surface area (Å²) >= 11 is 3.03. The molecule has 5 nitrogen and oxygen atoms in total. The van der Waals surface area contributed by atoms with Gasteiger partial charge < -0.3 is 5.32 Å². The molecule has 0 saturated carbocycles. The number of fused-ring (bicyclic) bond motifs is 1. The Labute approximate surface area is 163 Å². The summed E-state index contributed by atoms with van der Waals surface area (Å²) in [5.41, 5.74) is 2.88. The molecule has 1 aromatic carbocycles. The lowest BCUT2D eigenvalue weighted by molar-refractivity contribution is -0.121. The number of aromatic nitrogens is 2. The van der Waals surface area contributed by atoms with Crippen LogP contribution in [0.1, 0.15) is 11.1 Å². The van der Waals surface area contributed by atoms with E-state index in [9.17, 15) is 9.59 Å². The van der Waals surface area contributed by atoms with Gasteiger partial charge in [0.2, 0.25) is 5.91 Å². The summed E-state index contributed by atoms with van der Waals surface area (Å²) in [7, 11) is 0. The predicted octanol–water partition coefficient (Wildman–Crippen LogP) is 3.81. The number of carbonyl (C=O) groups excluding carboxylic acids is 1. The molecular formula is C20H17N3O2S2. The highest BCUT2D eigenvalue weighted by Gasteiger charge is 2.15. The van der Waals surface area contributed by atoms with Gasteiger partial charge in [-0.2, -0.15) is 0 Å². The lowest BCUT2D eigenvalue weighted by Gasteiger charge is -2.08. The fourth-order valence-corrected chi connectivity index (χ4v) is 4.65. The Morgan fingerprint density at radius 1 is 1.22 bits per heavy atom. The molecule has 0 aliphatic carbocycles. The lowest BCUT2D eigenvalue weighted by Crippen LogP contribution is -2.32. The van der Waals surface area contributed by atoms with Crippen LogP contribution in [0.4, 0.5) is 0 Å². The summed E-state index contributed by atoms with van der Waals surface area (Å²) in [4.78, 5) is 31.3. The largest absolute Gasteiger partial charge is 0.350 e. The summed E-state index contributed by atoms with van der Waals surface area (Å²) < 4.78 is 1.37. The normalized spacial score (nSPS) is 11.0. The molecule has 0 atom stereocenters. The van der Waals surface area contributed by atoms with Gasteiger partial charge in [-0.1, -0.05) is 35.9 Å². The van der Waals surface area contributed by atoms with Gasteiger partial charge in [-0.25, -0.2) is 4.98 Å². The number of rotatable bonds is 5. The molecule has 0 aliphatic rings. The summed E-state index contributed by atoms with van der Waals surface area (Å²) in [5.74, 6) is -0.215. The Morgan fingerprint density at radius 2 is 2.11 bits per heavy atom. The highest BCUT2D eigenvalue weighted by atomic mass is 32.1. The van der Waals surface area contributed by atoms with Crippen LogP contribution in [0.5, 0.6) is 0 Å². The maximum Gasteiger partial charge on any atom is 0.263 e. The smallest absolute Gasteiger partial charge is 0.263 e. The number of amides is 1. The van der Waals surface area contributed by atoms with Crippen LogP contribution in [0.25, 0.3) is 20.7 Å². The molecule has 3 aromatic heterocycles. The molecule has 7 heteroatoms. The second kappa shape index (κ2) is 7.46. The summed E-state index contributed by atoms with van der Waals surface area (Å²) in [6.07, 6.45) is 1.45. The first-order valence-corrected chi connectivity index (χ1v) is 10.2. The zero-order valence-corrected chi connectivity index (χ0v) is 16.3. The van der Waals surface area contributed by atoms with E-state index in [4.69, 9.17) is 0 Å². The van der Waals surface area contributed by atoms with Crippen molar-refractivity contribution in [2.45, 2.75) is 20.0 Å². The lowest BCUT2D eigenvalue weighted by atomic mass is 10.1. The fraction of sp³-hybridized carbons (Fsp3) is 0.150. The van der Waals surface area contributed by atoms with Crippen LogP contribution < -0.4 is 10.9 Å². The van der Waals surface area contributed by atoms with E-state index in [1.54, 1.807) is 11.3 Å². The molecule has 136 valence electrons. The number of hydrogen-bond donors (Lipinski definition) is 1. The minimum absolute atomic E-state index is 0.0483. The highest BCUT2D eigenvalue weighted by Crippen LogP contribution is 2.33. The molecular weight excluding hydrogens is 378 g/mol. The van der Waals surface area contributed by atoms with Crippen LogP contribution in [0.3, 0.4) is 0 Å². The molecule has 0 aliphatic heterocycles. The number of hydrogen-bond acceptors (Lipinski definition) is 5. The monoisotopic (exact) mass is 395 g/mol. The highest BCUT2D eigenvalue weighted by molar-refractivity contribution is 7.18. The number of carbonyl (C=O) groups is 1. The minimum Gasteiger partial charge on any atom is -0.350 e. The van der Waals surface area contributed by atoms with Gasteiger partial charge in [0.1, 0.15) is 11.4 Å². The van der Waals surface area contributed by atoms with Crippen molar-refractivity contribution in [2.75, 3.05) is 0 Å². The van der Waals surface area contributed by atoms with Crippen molar-refractivity contribution in [1.82, 2.24) is 14.9 Å². The van der Waals surface area contributed by atoms with Crippen molar-refractivity contribution in [2.24, 2.45) is 0 Å². The molecule has 0 saturated heterocycles. The molecule has 0 fully saturated rings. The van der Waals surface area contributed by atoms with Crippen LogP contribution in [0.2, 0.25) is 0 Å². The molecule has 1 amide bonds. The van der Waals surface area contributed by atoms with Crippen molar-refractivity contribution in [1.29, 1.82) is 0 Å². The number of benzene rings is 1. The predicted molar refractivity (Wildman–Crippen MR) is 110 cm³/mol. The third-order valence-corrected chi connectivity index (χ3v) is 6.02. The third-order valence-electron chi connectivity index (χ3n) is 4.23. The van der Waals surface area contributed by atoms with E-state index < -0.39 is 0 Å². The van der Waals surface area contributed by atoms with Gasteiger partial charge >= 0.3 is 0 Å². The molecule has 27 heavy (non-hydrogen) atoms. The first-order valence-electron chi connectivity index (χ1n) is 8.44. The molecule has 0 spiro atoms. The summed E-state index contributed by atoms with van der Waals surface area (Å²) in [5, 5.41) is 7.37. The van der Waals surface area contributed by atoms with Crippen molar-refractivity contribution in [3.8, 4) is 10.4 Å². The van der Waals surface area contributed by atoms with Crippen LogP contribution in [0.15, 0.2) is 58.3 Å². The zero-order valence-electron chi connectivity index (χ0n) is 14.6. The van der Waals surface area contributed by atoms with E-state index in [1.807, 2.05) is 54.1 Å². The Kier molecular flexibility index (Phi) is 4.87. The average molecular weight is 396 g/mol. The van der Waals surface area contributed by atoms with Crippen LogP contribution in [-0.4, -0.2) is 15.5 Å². The van der Waals surface area contributed by atoms with Gasteiger partial charge in [-0.3, -0.25) is 14.2 Å². The summed E-state index contributed by atoms with van der Waals surface area (Å²) in [6.45, 7) is 2.40. The standard InChI is InChI=1S/C20H17N3O2S2/c1-13-4-2-5-14(8-13)9-21-17(24)10-23-12-22-19-18(20(23)25)15(11-27-19)16-6-3-7-26-16/h2-8,11-12H,9-10H2,1H3,(H,21,24). The van der Waals surface area contributed by atoms with Gasteiger partial charge in [0, 0.05) is 22.4 Å². The maximum atomic E-state index is 12.9. The second-order valence-corrected chi connectivity index (χ2v) is 8.06. The fourth-order valence-electron chi connectivity index (χ4n) is 2.93. The van der Waals surface area contributed by atoms with Crippen molar-refractivity contribution in [3.63, 3.8) is 0 Å². The molecule has 4 rings (SSSR count). The van der Waals surface area contributed by atoms with Gasteiger partial charge in [-0.05, 0) is 23.9 Å². The summed E-state index contributed by atoms with van der Waals surface area (Å²) in [6, 6.07) is 11.9. The second-order valence-electron chi connectivity index (χ2n) is 6.25. The SMILES string of the molecule is Cc1cccc(CNC(=O)Cn2cnc3scc(-c4cccs4)c3c2=O)c1. The van der Waals surface area contributed by atoms with E-state index in [0.717, 1.165) is 21.6 Å². The van der Waals surface area contributed by atoms with Crippen LogP contribution >= 0.6 is 22.7 Å². The average Bonchev–Trinajstić information content (AvgIpc) is 3.32. The van der Waals surface area contributed by atoms with E-state index in [2.05, 4.69) is 10.3 Å². The van der Waals surface area contributed by atoms with Crippen molar-refractivity contribution >= 4 is 38.8 Å². The Bertz CT molecular complexity index is 1160. The van der Waals surface area contributed by atoms with E-state index in [0.29, 0.717) is 16.8 Å². The number of nitrogens with one attached hydrogen (secondary N) is 1. The number of thiophene rings is 2. The molecule has 0 bridgehead atoms. The van der Waals surface area contributed by atoms with Crippen LogP contribution in [0, 0.1) is 6.92 Å². The van der Waals surface area contributed by atoms with Crippen molar-refractivity contribution in [3.05, 3.63) is 75.0 Å².